The molecule has 0 saturated carbocycles. The van der Waals surface area contributed by atoms with Gasteiger partial charge in [-0.1, -0.05) is 0 Å². The average molecular weight is 365 g/mol. The summed E-state index contributed by atoms with van der Waals surface area (Å²) >= 11 is 0. The van der Waals surface area contributed by atoms with Gasteiger partial charge in [-0.2, -0.15) is 0 Å². The molecule has 1 N–H and O–H groups in total. The number of carbonyl (C=O) groups is 1. The fraction of sp³-hybridized carbons (Fsp3) is 0.353. The van der Waals surface area contributed by atoms with Gasteiger partial charge in [0, 0.05) is 30.5 Å². The Morgan fingerprint density at radius 1 is 1.32 bits per heavy atom. The van der Waals surface area contributed by atoms with Crippen LogP contribution in [0.25, 0.3) is 5.69 Å². The summed E-state index contributed by atoms with van der Waals surface area (Å²) in [5.74, 6) is -0.980. The van der Waals surface area contributed by atoms with Gasteiger partial charge in [0.25, 0.3) is 5.91 Å². The second-order valence-electron chi connectivity index (χ2n) is 6.04. The van der Waals surface area contributed by atoms with E-state index >= 15 is 0 Å². The normalized spacial score (nSPS) is 17.8. The lowest BCUT2D eigenvalue weighted by Gasteiger charge is -2.24. The molecule has 0 radical (unpaired) electrons. The first-order chi connectivity index (χ1) is 11.9. The van der Waals surface area contributed by atoms with Crippen molar-refractivity contribution >= 4 is 15.9 Å². The quantitative estimate of drug-likeness (QED) is 0.878. The lowest BCUT2D eigenvalue weighted by atomic mass is 10.1. The Kier molecular flexibility index (Phi) is 4.91. The number of amides is 1. The van der Waals surface area contributed by atoms with Crippen molar-refractivity contribution in [3.63, 3.8) is 0 Å². The number of carbonyl (C=O) groups excluding carboxylic acids is 1. The zero-order valence-corrected chi connectivity index (χ0v) is 14.7. The van der Waals surface area contributed by atoms with Gasteiger partial charge in [-0.05, 0) is 50.2 Å². The Bertz CT molecular complexity index is 865. The number of aromatic nitrogens is 1. The van der Waals surface area contributed by atoms with E-state index in [1.54, 1.807) is 41.2 Å². The van der Waals surface area contributed by atoms with Crippen LogP contribution in [0.2, 0.25) is 0 Å². The van der Waals surface area contributed by atoms with E-state index in [0.29, 0.717) is 18.7 Å². The van der Waals surface area contributed by atoms with E-state index in [4.69, 9.17) is 0 Å². The second kappa shape index (κ2) is 6.97. The average Bonchev–Trinajstić information content (AvgIpc) is 3.25. The lowest BCUT2D eigenvalue weighted by molar-refractivity contribution is 0.0748. The van der Waals surface area contributed by atoms with Gasteiger partial charge < -0.3 is 9.47 Å². The molecule has 25 heavy (non-hydrogen) atoms. The molecule has 8 heteroatoms. The highest BCUT2D eigenvalue weighted by Gasteiger charge is 2.32. The van der Waals surface area contributed by atoms with E-state index in [0.717, 1.165) is 6.42 Å². The van der Waals surface area contributed by atoms with Crippen molar-refractivity contribution in [3.05, 3.63) is 54.1 Å². The van der Waals surface area contributed by atoms with Crippen molar-refractivity contribution in [3.8, 4) is 5.69 Å². The summed E-state index contributed by atoms with van der Waals surface area (Å²) < 4.78 is 41.8. The number of sulfonamides is 1. The first-order valence-electron chi connectivity index (χ1n) is 8.06. The maximum absolute atomic E-state index is 14.4. The monoisotopic (exact) mass is 365 g/mol. The number of likely N-dealkylation sites (tertiary alicyclic amines) is 1. The van der Waals surface area contributed by atoms with Crippen LogP contribution in [0, 0.1) is 5.82 Å². The number of rotatable bonds is 5. The molecular weight excluding hydrogens is 345 g/mol. The molecule has 0 bridgehead atoms. The predicted octanol–water partition coefficient (Wildman–Crippen LogP) is 1.77. The molecule has 1 aliphatic heterocycles. The second-order valence-corrected chi connectivity index (χ2v) is 8.01. The van der Waals surface area contributed by atoms with E-state index in [1.807, 2.05) is 0 Å². The smallest absolute Gasteiger partial charge is 0.254 e. The summed E-state index contributed by atoms with van der Waals surface area (Å²) in [7, 11) is -2.06. The Hall–Kier alpha value is -2.19. The van der Waals surface area contributed by atoms with E-state index in [9.17, 15) is 17.6 Å². The highest BCUT2D eigenvalue weighted by Crippen LogP contribution is 2.23. The van der Waals surface area contributed by atoms with Crippen LogP contribution in [0.3, 0.4) is 0 Å². The van der Waals surface area contributed by atoms with Crippen LogP contribution >= 0.6 is 0 Å². The molecule has 134 valence electrons. The third-order valence-corrected chi connectivity index (χ3v) is 5.88. The fourth-order valence-corrected chi connectivity index (χ4v) is 4.14. The molecule has 1 aromatic carbocycles. The van der Waals surface area contributed by atoms with E-state index in [2.05, 4.69) is 4.72 Å². The molecule has 0 aliphatic carbocycles. The molecule has 1 atom stereocenters. The largest absolute Gasteiger partial charge is 0.335 e. The third kappa shape index (κ3) is 3.74. The Morgan fingerprint density at radius 2 is 2.04 bits per heavy atom. The highest BCUT2D eigenvalue weighted by atomic mass is 32.2. The van der Waals surface area contributed by atoms with Crippen LogP contribution in [0.4, 0.5) is 4.39 Å². The van der Waals surface area contributed by atoms with Gasteiger partial charge in [-0.15, -0.1) is 0 Å². The molecule has 3 rings (SSSR count). The molecule has 1 aliphatic rings. The zero-order valence-electron chi connectivity index (χ0n) is 13.9. The molecular formula is C17H20FN3O3S. The van der Waals surface area contributed by atoms with Crippen LogP contribution in [0.15, 0.2) is 42.7 Å². The fourth-order valence-electron chi connectivity index (χ4n) is 3.12. The summed E-state index contributed by atoms with van der Waals surface area (Å²) in [4.78, 5) is 14.2. The van der Waals surface area contributed by atoms with Crippen LogP contribution in [0.1, 0.15) is 23.2 Å². The minimum absolute atomic E-state index is 0.140. The van der Waals surface area contributed by atoms with Crippen molar-refractivity contribution < 1.29 is 17.6 Å². The van der Waals surface area contributed by atoms with Gasteiger partial charge in [-0.3, -0.25) is 4.79 Å². The van der Waals surface area contributed by atoms with Crippen LogP contribution in [-0.2, 0) is 10.0 Å². The summed E-state index contributed by atoms with van der Waals surface area (Å²) in [5, 5.41) is 0. The van der Waals surface area contributed by atoms with Crippen LogP contribution < -0.4 is 4.72 Å². The minimum Gasteiger partial charge on any atom is -0.335 e. The van der Waals surface area contributed by atoms with E-state index in [-0.39, 0.29) is 17.2 Å². The number of halogens is 1. The summed E-state index contributed by atoms with van der Waals surface area (Å²) in [5.41, 5.74) is 0.583. The molecule has 0 spiro atoms. The van der Waals surface area contributed by atoms with Crippen molar-refractivity contribution in [2.75, 3.05) is 19.3 Å². The number of nitrogens with zero attached hydrogens (tertiary/aromatic N) is 2. The van der Waals surface area contributed by atoms with Gasteiger partial charge >= 0.3 is 0 Å². The molecule has 1 amide bonds. The Morgan fingerprint density at radius 3 is 2.68 bits per heavy atom. The standard InChI is InChI=1S/C17H20FN3O3S/c1-19-25(23,24)12-14-5-4-10-21(14)17(22)13-6-7-16(15(18)11-13)20-8-2-3-9-20/h2-3,6-9,11,14,19H,4-5,10,12H2,1H3/t14-/m1/s1. The predicted molar refractivity (Wildman–Crippen MR) is 92.6 cm³/mol. The van der Waals surface area contributed by atoms with Gasteiger partial charge in [-0.25, -0.2) is 17.5 Å². The van der Waals surface area contributed by atoms with E-state index in [1.165, 1.54) is 18.0 Å². The summed E-state index contributed by atoms with van der Waals surface area (Å²) in [6.45, 7) is 0.476. The summed E-state index contributed by atoms with van der Waals surface area (Å²) in [6.07, 6.45) is 4.80. The Labute approximate surface area is 146 Å². The molecule has 2 heterocycles. The van der Waals surface area contributed by atoms with Crippen LogP contribution in [0.5, 0.6) is 0 Å². The number of benzene rings is 1. The number of nitrogens with one attached hydrogen (secondary N) is 1. The van der Waals surface area contributed by atoms with Crippen molar-refractivity contribution in [2.24, 2.45) is 0 Å². The maximum Gasteiger partial charge on any atom is 0.254 e. The van der Waals surface area contributed by atoms with Crippen LogP contribution in [-0.4, -0.2) is 49.2 Å². The van der Waals surface area contributed by atoms with Gasteiger partial charge in [0.15, 0.2) is 0 Å². The topological polar surface area (TPSA) is 71.4 Å². The molecule has 6 nitrogen and oxygen atoms in total. The molecule has 1 aromatic heterocycles. The SMILES string of the molecule is CNS(=O)(=O)C[C@H]1CCCN1C(=O)c1ccc(-n2cccc2)c(F)c1. The van der Waals surface area contributed by atoms with Crippen molar-refractivity contribution in [1.82, 2.24) is 14.2 Å². The third-order valence-electron chi connectivity index (χ3n) is 4.44. The van der Waals surface area contributed by atoms with Crippen molar-refractivity contribution in [2.45, 2.75) is 18.9 Å². The summed E-state index contributed by atoms with van der Waals surface area (Å²) in [6, 6.07) is 7.52. The first kappa shape index (κ1) is 17.6. The molecule has 1 fully saturated rings. The maximum atomic E-state index is 14.4. The zero-order chi connectivity index (χ0) is 18.0. The first-order valence-corrected chi connectivity index (χ1v) is 9.71. The Balaban J connectivity index is 1.82. The molecule has 0 unspecified atom stereocenters. The van der Waals surface area contributed by atoms with E-state index < -0.39 is 21.9 Å². The van der Waals surface area contributed by atoms with Crippen molar-refractivity contribution in [1.29, 1.82) is 0 Å². The van der Waals surface area contributed by atoms with Gasteiger partial charge in [0.05, 0.1) is 11.4 Å². The highest BCUT2D eigenvalue weighted by molar-refractivity contribution is 7.89. The lowest BCUT2D eigenvalue weighted by Crippen LogP contribution is -2.41. The van der Waals surface area contributed by atoms with Gasteiger partial charge in [0.2, 0.25) is 10.0 Å². The number of hydrogen-bond acceptors (Lipinski definition) is 3. The molecule has 1 saturated heterocycles. The minimum atomic E-state index is -3.42. The number of hydrogen-bond donors (Lipinski definition) is 1. The van der Waals surface area contributed by atoms with Gasteiger partial charge in [0.1, 0.15) is 5.82 Å². The molecule has 2 aromatic rings.